The number of aromatic nitrogens is 1. The van der Waals surface area contributed by atoms with Gasteiger partial charge in [-0.2, -0.15) is 4.57 Å². The lowest BCUT2D eigenvalue weighted by Crippen LogP contribution is -2.33. The summed E-state index contributed by atoms with van der Waals surface area (Å²) >= 11 is 16.1. The highest BCUT2D eigenvalue weighted by Gasteiger charge is 2.24. The van der Waals surface area contributed by atoms with E-state index in [1.807, 2.05) is 19.1 Å². The van der Waals surface area contributed by atoms with E-state index in [0.717, 1.165) is 41.5 Å². The molecule has 5 nitrogen and oxygen atoms in total. The number of halogens is 2. The van der Waals surface area contributed by atoms with Crippen molar-refractivity contribution in [3.63, 3.8) is 0 Å². The fourth-order valence-electron chi connectivity index (χ4n) is 5.83. The van der Waals surface area contributed by atoms with E-state index < -0.39 is 10.1 Å². The Morgan fingerprint density at radius 2 is 1.66 bits per heavy atom. The molecule has 3 aromatic carbocycles. The largest absolute Gasteiger partial charge is 0.744 e. The Kier molecular flexibility index (Phi) is 11.4. The molecule has 0 saturated carbocycles. The molecule has 4 aromatic rings. The molecule has 0 saturated heterocycles. The Morgan fingerprint density at radius 3 is 2.34 bits per heavy atom. The summed E-state index contributed by atoms with van der Waals surface area (Å²) in [5.41, 5.74) is 7.69. The van der Waals surface area contributed by atoms with Gasteiger partial charge in [0.05, 0.1) is 15.6 Å². The van der Waals surface area contributed by atoms with Crippen LogP contribution in [0.2, 0.25) is 10.0 Å². The van der Waals surface area contributed by atoms with Crippen molar-refractivity contribution in [1.82, 2.24) is 0 Å². The quantitative estimate of drug-likeness (QED) is 0.146. The van der Waals surface area contributed by atoms with Crippen molar-refractivity contribution in [2.24, 2.45) is 5.92 Å². The number of hydrogen-bond acceptors (Lipinski definition) is 6. The second kappa shape index (κ2) is 15.1. The van der Waals surface area contributed by atoms with E-state index in [1.54, 1.807) is 35.2 Å². The summed E-state index contributed by atoms with van der Waals surface area (Å²) in [5, 5.41) is 4.11. The fraction of sp³-hybridized carbons (Fsp3) is 0.270. The lowest BCUT2D eigenvalue weighted by molar-refractivity contribution is -0.665. The van der Waals surface area contributed by atoms with Gasteiger partial charge in [-0.3, -0.25) is 0 Å². The van der Waals surface area contributed by atoms with Crippen LogP contribution in [0.3, 0.4) is 0 Å². The lowest BCUT2D eigenvalue weighted by Gasteiger charge is -2.24. The monoisotopic (exact) mass is 724 g/mol. The number of anilines is 1. The molecule has 6 rings (SSSR count). The number of allylic oxidation sites excluding steroid dienone is 6. The molecule has 246 valence electrons. The highest BCUT2D eigenvalue weighted by Crippen LogP contribution is 2.47. The van der Waals surface area contributed by atoms with Crippen molar-refractivity contribution in [1.29, 1.82) is 0 Å². The minimum absolute atomic E-state index is 0.178. The van der Waals surface area contributed by atoms with E-state index in [-0.39, 0.29) is 4.90 Å². The van der Waals surface area contributed by atoms with Gasteiger partial charge in [-0.15, -0.1) is 0 Å². The number of hydrogen-bond donors (Lipinski definition) is 0. The van der Waals surface area contributed by atoms with Crippen LogP contribution in [0, 0.1) is 12.8 Å². The fourth-order valence-corrected chi connectivity index (χ4v) is 9.11. The van der Waals surface area contributed by atoms with Gasteiger partial charge in [-0.05, 0) is 112 Å². The summed E-state index contributed by atoms with van der Waals surface area (Å²) in [5.74, 6) is 0.618. The molecule has 1 aromatic heterocycles. The summed E-state index contributed by atoms with van der Waals surface area (Å²) in [6.45, 7) is 12.7. The average molecular weight is 726 g/mol. The molecule has 0 fully saturated rings. The first-order valence-corrected chi connectivity index (χ1v) is 19.4. The Morgan fingerprint density at radius 1 is 0.957 bits per heavy atom. The third kappa shape index (κ3) is 8.42. The second-order valence-corrected chi connectivity index (χ2v) is 16.1. The molecule has 1 unspecified atom stereocenters. The molecule has 1 atom stereocenters. The third-order valence-corrected chi connectivity index (χ3v) is 11.8. The summed E-state index contributed by atoms with van der Waals surface area (Å²) in [6.07, 6.45) is 11.5. The van der Waals surface area contributed by atoms with E-state index >= 15 is 0 Å². The van der Waals surface area contributed by atoms with Crippen LogP contribution in [0.4, 0.5) is 5.69 Å². The zero-order valence-corrected chi connectivity index (χ0v) is 31.0. The SMILES string of the molecule is CCN1/C(=C/C=C2CC(C)CC(/C=C/c3sc4cc(Cl)ccc4[n+]3CC)=C2C)Sc2cc(Cl)ccc21.Cc1ccc(S(=O)(=O)[O-])cc1. The Labute approximate surface area is 296 Å². The van der Waals surface area contributed by atoms with E-state index in [1.165, 1.54) is 59.7 Å². The maximum atomic E-state index is 10.4. The van der Waals surface area contributed by atoms with Crippen molar-refractivity contribution in [2.45, 2.75) is 63.8 Å². The van der Waals surface area contributed by atoms with Crippen molar-refractivity contribution in [3.05, 3.63) is 121 Å². The van der Waals surface area contributed by atoms with Crippen LogP contribution < -0.4 is 9.47 Å². The number of thiazole rings is 1. The first kappa shape index (κ1) is 35.5. The molecular formula is C37H38Cl2N2O3S3. The smallest absolute Gasteiger partial charge is 0.262 e. The topological polar surface area (TPSA) is 64.3 Å². The zero-order chi connectivity index (χ0) is 33.9. The first-order chi connectivity index (χ1) is 22.4. The van der Waals surface area contributed by atoms with Gasteiger partial charge in [0.15, 0.2) is 0 Å². The van der Waals surface area contributed by atoms with Crippen molar-refractivity contribution < 1.29 is 17.5 Å². The van der Waals surface area contributed by atoms with Crippen LogP contribution in [0.5, 0.6) is 0 Å². The number of benzene rings is 3. The van der Waals surface area contributed by atoms with Gasteiger partial charge < -0.3 is 9.45 Å². The highest BCUT2D eigenvalue weighted by molar-refractivity contribution is 8.03. The Balaban J connectivity index is 0.000000335. The van der Waals surface area contributed by atoms with Crippen LogP contribution in [0.15, 0.2) is 110 Å². The normalized spacial score (nSPS) is 18.4. The molecule has 1 aliphatic carbocycles. The molecule has 0 N–H and O–H groups in total. The Bertz CT molecular complexity index is 2030. The molecule has 47 heavy (non-hydrogen) atoms. The lowest BCUT2D eigenvalue weighted by atomic mass is 9.81. The number of rotatable bonds is 6. The number of aryl methyl sites for hydroxylation is 2. The standard InChI is InChI=1S/C30H31Cl2N2S2.C7H8O3S/c1-5-33-25-11-9-23(31)17-27(25)35-29(33)13-7-21-15-19(3)16-22(20(21)4)8-14-30-34(6-2)26-12-10-24(32)18-28(26)36-30;1-6-2-4-7(5-3-6)11(8,9)10/h7-14,17-19H,5-6,15-16H2,1-4H3;2-5H,1H3,(H,8,9,10)/q+1;/p-1. The summed E-state index contributed by atoms with van der Waals surface area (Å²) in [7, 11) is -4.27. The summed E-state index contributed by atoms with van der Waals surface area (Å²) < 4.78 is 34.8. The molecule has 1 aliphatic heterocycles. The van der Waals surface area contributed by atoms with Crippen LogP contribution in [0.1, 0.15) is 51.1 Å². The van der Waals surface area contributed by atoms with E-state index in [9.17, 15) is 13.0 Å². The van der Waals surface area contributed by atoms with Gasteiger partial charge in [0.25, 0.3) is 5.01 Å². The van der Waals surface area contributed by atoms with Crippen molar-refractivity contribution in [3.8, 4) is 0 Å². The first-order valence-electron chi connectivity index (χ1n) is 15.6. The van der Waals surface area contributed by atoms with Gasteiger partial charge in [-0.25, -0.2) is 8.42 Å². The van der Waals surface area contributed by atoms with Gasteiger partial charge in [0.1, 0.15) is 21.4 Å². The highest BCUT2D eigenvalue weighted by atomic mass is 35.5. The Hall–Kier alpha value is -2.85. The zero-order valence-electron chi connectivity index (χ0n) is 27.1. The predicted molar refractivity (Wildman–Crippen MR) is 198 cm³/mol. The maximum absolute atomic E-state index is 10.4. The second-order valence-electron chi connectivity index (χ2n) is 11.7. The minimum Gasteiger partial charge on any atom is -0.744 e. The predicted octanol–water partition coefficient (Wildman–Crippen LogP) is 10.6. The molecule has 0 radical (unpaired) electrons. The molecule has 0 spiro atoms. The molecule has 0 amide bonds. The van der Waals surface area contributed by atoms with Crippen LogP contribution >= 0.6 is 46.3 Å². The number of thioether (sulfide) groups is 1. The summed E-state index contributed by atoms with van der Waals surface area (Å²) in [4.78, 5) is 3.43. The van der Waals surface area contributed by atoms with Gasteiger partial charge >= 0.3 is 0 Å². The molecular weight excluding hydrogens is 688 g/mol. The van der Waals surface area contributed by atoms with Crippen LogP contribution in [-0.4, -0.2) is 19.5 Å². The maximum Gasteiger partial charge on any atom is 0.262 e. The molecule has 2 aliphatic rings. The van der Waals surface area contributed by atoms with Gasteiger partial charge in [0, 0.05) is 33.6 Å². The van der Waals surface area contributed by atoms with E-state index in [0.29, 0.717) is 5.92 Å². The summed E-state index contributed by atoms with van der Waals surface area (Å²) in [6, 6.07) is 18.1. The average Bonchev–Trinajstić information content (AvgIpc) is 3.56. The van der Waals surface area contributed by atoms with Crippen molar-refractivity contribution >= 4 is 78.4 Å². The van der Waals surface area contributed by atoms with Gasteiger partial charge in [0.2, 0.25) is 5.52 Å². The number of fused-ring (bicyclic) bond motifs is 2. The van der Waals surface area contributed by atoms with Gasteiger partial charge in [-0.1, -0.05) is 83.1 Å². The number of nitrogens with zero attached hydrogens (tertiary/aromatic N) is 2. The van der Waals surface area contributed by atoms with E-state index in [2.05, 4.69) is 85.7 Å². The van der Waals surface area contributed by atoms with Crippen LogP contribution in [0.25, 0.3) is 16.3 Å². The van der Waals surface area contributed by atoms with Crippen molar-refractivity contribution in [2.75, 3.05) is 11.4 Å². The van der Waals surface area contributed by atoms with Crippen LogP contribution in [-0.2, 0) is 16.7 Å². The molecule has 2 heterocycles. The minimum atomic E-state index is -4.27. The van der Waals surface area contributed by atoms with E-state index in [4.69, 9.17) is 23.2 Å². The molecule has 0 bridgehead atoms. The third-order valence-electron chi connectivity index (χ3n) is 8.28. The molecule has 10 heteroatoms.